The average molecular weight is 294 g/mol. The van der Waals surface area contributed by atoms with Crippen molar-refractivity contribution < 1.29 is 4.74 Å². The highest BCUT2D eigenvalue weighted by atomic mass is 79.9. The Morgan fingerprint density at radius 2 is 1.94 bits per heavy atom. The lowest BCUT2D eigenvalue weighted by Gasteiger charge is -2.06. The molecule has 0 unspecified atom stereocenters. The number of nitrogens with one attached hydrogen (secondary N) is 1. The largest absolute Gasteiger partial charge is 0.487 e. The Morgan fingerprint density at radius 3 is 2.53 bits per heavy atom. The van der Waals surface area contributed by atoms with E-state index in [0.717, 1.165) is 10.0 Å². The minimum absolute atomic E-state index is 0.518. The first kappa shape index (κ1) is 11.9. The van der Waals surface area contributed by atoms with E-state index in [9.17, 15) is 0 Å². The van der Waals surface area contributed by atoms with Crippen molar-refractivity contribution in [1.82, 2.24) is 4.98 Å². The van der Waals surface area contributed by atoms with E-state index < -0.39 is 0 Å². The average Bonchev–Trinajstić information content (AvgIpc) is 2.39. The maximum Gasteiger partial charge on any atom is 0.140 e. The number of nitrogens with two attached hydrogens (primary N) is 1. The molecule has 0 atom stereocenters. The molecule has 1 aromatic carbocycles. The lowest BCUT2D eigenvalue weighted by Crippen LogP contribution is -2.08. The molecule has 0 fully saturated rings. The summed E-state index contributed by atoms with van der Waals surface area (Å²) >= 11 is 3.39. The van der Waals surface area contributed by atoms with Gasteiger partial charge in [-0.05, 0) is 29.8 Å². The molecule has 0 saturated carbocycles. The van der Waals surface area contributed by atoms with Gasteiger partial charge in [0.05, 0.1) is 6.20 Å². The molecule has 3 N–H and O–H groups in total. The van der Waals surface area contributed by atoms with E-state index in [1.54, 1.807) is 12.3 Å². The number of hydrogen-bond acceptors (Lipinski definition) is 4. The van der Waals surface area contributed by atoms with E-state index in [-0.39, 0.29) is 0 Å². The number of hydrogen-bond donors (Lipinski definition) is 2. The van der Waals surface area contributed by atoms with Crippen LogP contribution < -0.4 is 16.0 Å². The van der Waals surface area contributed by atoms with Crippen molar-refractivity contribution in [2.45, 2.75) is 6.61 Å². The molecule has 1 aromatic heterocycles. The zero-order chi connectivity index (χ0) is 12.1. The van der Waals surface area contributed by atoms with Crippen molar-refractivity contribution >= 4 is 21.7 Å². The Balaban J connectivity index is 1.95. The van der Waals surface area contributed by atoms with Crippen LogP contribution in [0.4, 0.5) is 5.82 Å². The van der Waals surface area contributed by atoms with Crippen LogP contribution in [0.1, 0.15) is 5.56 Å². The van der Waals surface area contributed by atoms with Gasteiger partial charge in [0.2, 0.25) is 0 Å². The van der Waals surface area contributed by atoms with Crippen LogP contribution in [0.25, 0.3) is 0 Å². The second kappa shape index (κ2) is 5.65. The minimum Gasteiger partial charge on any atom is -0.487 e. The highest BCUT2D eigenvalue weighted by molar-refractivity contribution is 9.10. The summed E-state index contributed by atoms with van der Waals surface area (Å²) in [5.41, 5.74) is 3.57. The van der Waals surface area contributed by atoms with E-state index in [0.29, 0.717) is 18.2 Å². The number of nitrogen functional groups attached to an aromatic ring is 1. The van der Waals surface area contributed by atoms with E-state index in [2.05, 4.69) is 26.3 Å². The van der Waals surface area contributed by atoms with Crippen LogP contribution >= 0.6 is 15.9 Å². The van der Waals surface area contributed by atoms with Gasteiger partial charge in [-0.2, -0.15) is 0 Å². The van der Waals surface area contributed by atoms with Gasteiger partial charge in [-0.1, -0.05) is 28.1 Å². The molecule has 88 valence electrons. The van der Waals surface area contributed by atoms with Gasteiger partial charge in [-0.3, -0.25) is 0 Å². The van der Waals surface area contributed by atoms with E-state index in [1.165, 1.54) is 0 Å². The summed E-state index contributed by atoms with van der Waals surface area (Å²) in [4.78, 5) is 4.05. The molecule has 0 aliphatic carbocycles. The predicted molar refractivity (Wildman–Crippen MR) is 70.5 cm³/mol. The van der Waals surface area contributed by atoms with Crippen molar-refractivity contribution in [3.63, 3.8) is 0 Å². The number of nitrogens with zero attached hydrogens (tertiary/aromatic N) is 1. The molecule has 17 heavy (non-hydrogen) atoms. The standard InChI is InChI=1S/C12H12BrN3O/c13-10-3-1-9(2-4-10)8-17-11-5-6-12(16-14)15-7-11/h1-7H,8,14H2,(H,15,16). The predicted octanol–water partition coefficient (Wildman–Crippen LogP) is 2.71. The Morgan fingerprint density at radius 1 is 1.18 bits per heavy atom. The second-order valence-electron chi connectivity index (χ2n) is 3.44. The summed E-state index contributed by atoms with van der Waals surface area (Å²) < 4.78 is 6.64. The molecule has 0 saturated heterocycles. The summed E-state index contributed by atoms with van der Waals surface area (Å²) in [5, 5.41) is 0. The fraction of sp³-hybridized carbons (Fsp3) is 0.0833. The lowest BCUT2D eigenvalue weighted by molar-refractivity contribution is 0.305. The molecule has 4 nitrogen and oxygen atoms in total. The Labute approximate surface area is 108 Å². The minimum atomic E-state index is 0.518. The third kappa shape index (κ3) is 3.44. The normalized spacial score (nSPS) is 10.0. The number of anilines is 1. The van der Waals surface area contributed by atoms with Gasteiger partial charge in [-0.25, -0.2) is 10.8 Å². The third-order valence-corrected chi connectivity index (χ3v) is 2.73. The van der Waals surface area contributed by atoms with Gasteiger partial charge in [0.25, 0.3) is 0 Å². The van der Waals surface area contributed by atoms with Crippen molar-refractivity contribution in [2.75, 3.05) is 5.43 Å². The molecule has 0 bridgehead atoms. The van der Waals surface area contributed by atoms with Crippen LogP contribution in [-0.2, 0) is 6.61 Å². The first-order valence-corrected chi connectivity index (χ1v) is 5.87. The summed E-state index contributed by atoms with van der Waals surface area (Å²) in [6.07, 6.45) is 1.63. The number of aromatic nitrogens is 1. The molecular weight excluding hydrogens is 282 g/mol. The van der Waals surface area contributed by atoms with Crippen molar-refractivity contribution in [3.05, 3.63) is 52.6 Å². The van der Waals surface area contributed by atoms with Gasteiger partial charge >= 0.3 is 0 Å². The number of halogens is 1. The summed E-state index contributed by atoms with van der Waals surface area (Å²) in [7, 11) is 0. The van der Waals surface area contributed by atoms with Crippen LogP contribution in [0.2, 0.25) is 0 Å². The van der Waals surface area contributed by atoms with Gasteiger partial charge in [0.1, 0.15) is 18.2 Å². The summed E-state index contributed by atoms with van der Waals surface area (Å²) in [6, 6.07) is 11.6. The van der Waals surface area contributed by atoms with E-state index in [4.69, 9.17) is 10.6 Å². The molecule has 1 heterocycles. The van der Waals surface area contributed by atoms with Gasteiger partial charge < -0.3 is 10.2 Å². The Kier molecular flexibility index (Phi) is 3.95. The van der Waals surface area contributed by atoms with Crippen LogP contribution in [0, 0.1) is 0 Å². The van der Waals surface area contributed by atoms with Crippen LogP contribution in [-0.4, -0.2) is 4.98 Å². The first-order valence-electron chi connectivity index (χ1n) is 5.08. The van der Waals surface area contributed by atoms with Crippen molar-refractivity contribution in [3.8, 4) is 5.75 Å². The number of pyridine rings is 1. The zero-order valence-electron chi connectivity index (χ0n) is 9.06. The van der Waals surface area contributed by atoms with Gasteiger partial charge in [-0.15, -0.1) is 0 Å². The molecule has 2 aromatic rings. The molecule has 5 heteroatoms. The van der Waals surface area contributed by atoms with Gasteiger partial charge in [0.15, 0.2) is 0 Å². The van der Waals surface area contributed by atoms with Crippen molar-refractivity contribution in [2.24, 2.45) is 5.84 Å². The SMILES string of the molecule is NNc1ccc(OCc2ccc(Br)cc2)cn1. The molecular formula is C12H12BrN3O. The number of hydrazine groups is 1. The van der Waals surface area contributed by atoms with Gasteiger partial charge in [0, 0.05) is 4.47 Å². The molecule has 0 aliphatic rings. The molecule has 0 spiro atoms. The maximum absolute atomic E-state index is 5.59. The summed E-state index contributed by atoms with van der Waals surface area (Å²) in [6.45, 7) is 0.518. The highest BCUT2D eigenvalue weighted by Gasteiger charge is 1.97. The second-order valence-corrected chi connectivity index (χ2v) is 4.35. The van der Waals surface area contributed by atoms with E-state index >= 15 is 0 Å². The monoisotopic (exact) mass is 293 g/mol. The number of ether oxygens (including phenoxy) is 1. The topological polar surface area (TPSA) is 60.2 Å². The molecule has 0 aliphatic heterocycles. The maximum atomic E-state index is 5.59. The molecule has 0 radical (unpaired) electrons. The van der Waals surface area contributed by atoms with Crippen LogP contribution in [0.5, 0.6) is 5.75 Å². The van der Waals surface area contributed by atoms with Crippen LogP contribution in [0.15, 0.2) is 47.1 Å². The number of benzene rings is 1. The zero-order valence-corrected chi connectivity index (χ0v) is 10.6. The molecule has 0 amide bonds. The smallest absolute Gasteiger partial charge is 0.140 e. The fourth-order valence-corrected chi connectivity index (χ4v) is 1.56. The first-order chi connectivity index (χ1) is 8.28. The Bertz CT molecular complexity index is 470. The van der Waals surface area contributed by atoms with Crippen LogP contribution in [0.3, 0.4) is 0 Å². The quantitative estimate of drug-likeness (QED) is 0.672. The number of rotatable bonds is 4. The van der Waals surface area contributed by atoms with Crippen molar-refractivity contribution in [1.29, 1.82) is 0 Å². The lowest BCUT2D eigenvalue weighted by atomic mass is 10.2. The van der Waals surface area contributed by atoms with E-state index in [1.807, 2.05) is 30.3 Å². The third-order valence-electron chi connectivity index (χ3n) is 2.20. The summed E-state index contributed by atoms with van der Waals surface area (Å²) in [5.74, 6) is 6.55. The molecule has 2 rings (SSSR count). The highest BCUT2D eigenvalue weighted by Crippen LogP contribution is 2.15. The Hall–Kier alpha value is -1.59. The fourth-order valence-electron chi connectivity index (χ4n) is 1.30.